The van der Waals surface area contributed by atoms with Gasteiger partial charge in [-0.3, -0.25) is 4.68 Å². The Kier molecular flexibility index (Phi) is 3.26. The van der Waals surface area contributed by atoms with Crippen LogP contribution in [-0.4, -0.2) is 21.1 Å². The lowest BCUT2D eigenvalue weighted by Gasteiger charge is -2.06. The molecule has 0 radical (unpaired) electrons. The third kappa shape index (κ3) is 2.43. The molecule has 1 aliphatic heterocycles. The van der Waals surface area contributed by atoms with Crippen molar-refractivity contribution in [3.63, 3.8) is 0 Å². The molecule has 112 valence electrons. The van der Waals surface area contributed by atoms with Crippen molar-refractivity contribution < 1.29 is 18.2 Å². The van der Waals surface area contributed by atoms with E-state index in [4.69, 9.17) is 9.47 Å². The zero-order chi connectivity index (χ0) is 15.2. The molecular weight excluding hydrogens is 292 g/mol. The van der Waals surface area contributed by atoms with Crippen LogP contribution in [0, 0.1) is 13.8 Å². The van der Waals surface area contributed by atoms with Crippen LogP contribution in [-0.2, 0) is 27.2 Å². The molecule has 1 aromatic carbocycles. The molecule has 3 rings (SSSR count). The Hall–Kier alpha value is -1.86. The van der Waals surface area contributed by atoms with Gasteiger partial charge in [0.05, 0.1) is 5.69 Å². The van der Waals surface area contributed by atoms with Gasteiger partial charge >= 0.3 is 0 Å². The first-order chi connectivity index (χ1) is 9.88. The fourth-order valence-electron chi connectivity index (χ4n) is 2.38. The Morgan fingerprint density at radius 1 is 1.33 bits per heavy atom. The molecular formula is C14H17N2O4S+. The molecule has 0 bridgehead atoms. The van der Waals surface area contributed by atoms with E-state index in [9.17, 15) is 8.76 Å². The summed E-state index contributed by atoms with van der Waals surface area (Å²) in [7, 11) is -1.38. The number of hydrogen-bond acceptors (Lipinski definition) is 4. The predicted octanol–water partition coefficient (Wildman–Crippen LogP) is 2.30. The summed E-state index contributed by atoms with van der Waals surface area (Å²) < 4.78 is 35.3. The fourth-order valence-corrected chi connectivity index (χ4v) is 3.93. The van der Waals surface area contributed by atoms with Crippen LogP contribution in [0.4, 0.5) is 0 Å². The second-order valence-electron chi connectivity index (χ2n) is 5.07. The van der Waals surface area contributed by atoms with Crippen LogP contribution in [0.1, 0.15) is 17.0 Å². The fraction of sp³-hybridized carbons (Fsp3) is 0.357. The number of rotatable bonds is 3. The van der Waals surface area contributed by atoms with Gasteiger partial charge in [0.25, 0.3) is 10.2 Å². The van der Waals surface area contributed by atoms with Gasteiger partial charge in [-0.25, -0.2) is 0 Å². The van der Waals surface area contributed by atoms with E-state index in [1.54, 1.807) is 22.9 Å². The van der Waals surface area contributed by atoms with E-state index in [1.807, 2.05) is 20.9 Å². The summed E-state index contributed by atoms with van der Waals surface area (Å²) in [4.78, 5) is 0.342. The second kappa shape index (κ2) is 4.85. The number of benzene rings is 1. The molecule has 1 aromatic heterocycles. The highest BCUT2D eigenvalue weighted by Crippen LogP contribution is 2.36. The SMILES string of the molecule is Cc1nn(C)c(C)c1C[S+](=O)(O)c1ccc2c(c1)OCO2. The molecule has 0 fully saturated rings. The van der Waals surface area contributed by atoms with Gasteiger partial charge in [0.1, 0.15) is 0 Å². The minimum absolute atomic E-state index is 0.0398. The number of ether oxygens (including phenoxy) is 2. The third-order valence-corrected chi connectivity index (χ3v) is 5.38. The Bertz CT molecular complexity index is 754. The lowest BCUT2D eigenvalue weighted by molar-refractivity contribution is 0.174. The molecule has 1 N–H and O–H groups in total. The molecule has 0 amide bonds. The Labute approximate surface area is 123 Å². The maximum atomic E-state index is 12.7. The number of aryl methyl sites for hydroxylation is 2. The van der Waals surface area contributed by atoms with Crippen LogP contribution in [0.25, 0.3) is 0 Å². The Balaban J connectivity index is 1.95. The summed E-state index contributed by atoms with van der Waals surface area (Å²) in [5.41, 5.74) is 2.48. The highest BCUT2D eigenvalue weighted by atomic mass is 32.3. The molecule has 6 nitrogen and oxygen atoms in total. The lowest BCUT2D eigenvalue weighted by atomic mass is 10.2. The quantitative estimate of drug-likeness (QED) is 0.881. The molecule has 0 saturated carbocycles. The highest BCUT2D eigenvalue weighted by Gasteiger charge is 2.34. The van der Waals surface area contributed by atoms with Crippen molar-refractivity contribution in [1.29, 1.82) is 0 Å². The van der Waals surface area contributed by atoms with Crippen molar-refractivity contribution in [2.45, 2.75) is 24.5 Å². The Morgan fingerprint density at radius 2 is 2.05 bits per heavy atom. The maximum absolute atomic E-state index is 12.7. The van der Waals surface area contributed by atoms with Crippen molar-refractivity contribution in [3.05, 3.63) is 35.2 Å². The molecule has 1 unspecified atom stereocenters. The van der Waals surface area contributed by atoms with Gasteiger partial charge in [-0.15, -0.1) is 0 Å². The van der Waals surface area contributed by atoms with Gasteiger partial charge < -0.3 is 9.47 Å². The summed E-state index contributed by atoms with van der Waals surface area (Å²) in [6.45, 7) is 3.88. The zero-order valence-electron chi connectivity index (χ0n) is 12.1. The van der Waals surface area contributed by atoms with E-state index in [1.165, 1.54) is 0 Å². The topological polar surface area (TPSA) is 73.6 Å². The third-order valence-electron chi connectivity index (χ3n) is 3.71. The maximum Gasteiger partial charge on any atom is 0.252 e. The molecule has 7 heteroatoms. The number of nitrogens with zero attached hydrogens (tertiary/aromatic N) is 2. The average Bonchev–Trinajstić information content (AvgIpc) is 2.98. The molecule has 2 aromatic rings. The summed E-state index contributed by atoms with van der Waals surface area (Å²) in [5, 5.41) is 4.28. The van der Waals surface area contributed by atoms with Gasteiger partial charge in [0.15, 0.2) is 22.1 Å². The summed E-state index contributed by atoms with van der Waals surface area (Å²) in [6.07, 6.45) is 0. The van der Waals surface area contributed by atoms with E-state index in [0.717, 1.165) is 17.0 Å². The first-order valence-corrected chi connectivity index (χ1v) is 8.20. The standard InChI is InChI=1S/C14H16N2O4S/c1-9-12(10(2)16(3)15-9)7-21(17,18)11-4-5-13-14(6-11)20-8-19-13/h4-6H,7-8H2,1-3H3/p+1. The van der Waals surface area contributed by atoms with Crippen LogP contribution in [0.2, 0.25) is 0 Å². The summed E-state index contributed by atoms with van der Waals surface area (Å²) in [6, 6.07) is 4.85. The van der Waals surface area contributed by atoms with Gasteiger partial charge in [-0.2, -0.15) is 9.65 Å². The van der Waals surface area contributed by atoms with Gasteiger partial charge in [-0.05, 0) is 26.0 Å². The van der Waals surface area contributed by atoms with E-state index < -0.39 is 10.2 Å². The van der Waals surface area contributed by atoms with E-state index in [2.05, 4.69) is 5.10 Å². The average molecular weight is 309 g/mol. The van der Waals surface area contributed by atoms with Crippen LogP contribution in [0.15, 0.2) is 23.1 Å². The van der Waals surface area contributed by atoms with Crippen molar-refractivity contribution in [2.75, 3.05) is 6.79 Å². The van der Waals surface area contributed by atoms with Gasteiger partial charge in [0, 0.05) is 24.4 Å². The summed E-state index contributed by atoms with van der Waals surface area (Å²) >= 11 is 0. The van der Waals surface area contributed by atoms with Gasteiger partial charge in [-0.1, -0.05) is 4.21 Å². The van der Waals surface area contributed by atoms with E-state index in [0.29, 0.717) is 16.4 Å². The van der Waals surface area contributed by atoms with Gasteiger partial charge in [0.2, 0.25) is 6.79 Å². The largest absolute Gasteiger partial charge is 0.454 e. The monoisotopic (exact) mass is 309 g/mol. The normalized spacial score (nSPS) is 16.0. The van der Waals surface area contributed by atoms with Crippen molar-refractivity contribution in [2.24, 2.45) is 7.05 Å². The molecule has 0 aliphatic carbocycles. The van der Waals surface area contributed by atoms with Crippen LogP contribution >= 0.6 is 0 Å². The molecule has 1 atom stereocenters. The smallest absolute Gasteiger partial charge is 0.252 e. The molecule has 1 aliphatic rings. The Morgan fingerprint density at radius 3 is 2.71 bits per heavy atom. The van der Waals surface area contributed by atoms with E-state index >= 15 is 0 Å². The minimum Gasteiger partial charge on any atom is -0.454 e. The molecule has 2 heterocycles. The number of aromatic nitrogens is 2. The zero-order valence-corrected chi connectivity index (χ0v) is 12.9. The number of fused-ring (bicyclic) bond motifs is 1. The molecule has 21 heavy (non-hydrogen) atoms. The lowest BCUT2D eigenvalue weighted by Crippen LogP contribution is -2.14. The van der Waals surface area contributed by atoms with E-state index in [-0.39, 0.29) is 12.5 Å². The second-order valence-corrected chi connectivity index (χ2v) is 7.11. The first kappa shape index (κ1) is 14.1. The van der Waals surface area contributed by atoms with Crippen LogP contribution < -0.4 is 9.47 Å². The predicted molar refractivity (Wildman–Crippen MR) is 77.9 cm³/mol. The van der Waals surface area contributed by atoms with Crippen LogP contribution in [0.5, 0.6) is 11.5 Å². The first-order valence-electron chi connectivity index (χ1n) is 6.51. The van der Waals surface area contributed by atoms with Crippen LogP contribution in [0.3, 0.4) is 0 Å². The van der Waals surface area contributed by atoms with Crippen molar-refractivity contribution >= 4 is 10.2 Å². The van der Waals surface area contributed by atoms with Crippen molar-refractivity contribution in [1.82, 2.24) is 9.78 Å². The number of hydrogen-bond donors (Lipinski definition) is 1. The minimum atomic E-state index is -3.21. The molecule has 0 spiro atoms. The van der Waals surface area contributed by atoms with Crippen molar-refractivity contribution in [3.8, 4) is 11.5 Å². The highest BCUT2D eigenvalue weighted by molar-refractivity contribution is 7.97. The molecule has 0 saturated heterocycles. The summed E-state index contributed by atoms with van der Waals surface area (Å²) in [5.74, 6) is 1.15.